The Hall–Kier alpha value is -3.62. The predicted octanol–water partition coefficient (Wildman–Crippen LogP) is 2.38. The van der Waals surface area contributed by atoms with Gasteiger partial charge in [0.05, 0.1) is 32.6 Å². The Kier molecular flexibility index (Phi) is 7.74. The molecule has 2 rings (SSSR count). The Labute approximate surface area is 173 Å². The topological polar surface area (TPSA) is 110 Å². The highest BCUT2D eigenvalue weighted by molar-refractivity contribution is 6.04. The van der Waals surface area contributed by atoms with Gasteiger partial charge in [0.15, 0.2) is 5.69 Å². The zero-order chi connectivity index (χ0) is 22.3. The second-order valence-corrected chi connectivity index (χ2v) is 5.80. The molecule has 0 aliphatic heterocycles. The molecule has 0 aliphatic carbocycles. The fourth-order valence-electron chi connectivity index (χ4n) is 2.78. The van der Waals surface area contributed by atoms with Gasteiger partial charge in [0.1, 0.15) is 16.9 Å². The van der Waals surface area contributed by atoms with E-state index in [2.05, 4.69) is 0 Å². The van der Waals surface area contributed by atoms with Crippen LogP contribution in [0.1, 0.15) is 52.0 Å². The maximum Gasteiger partial charge on any atom is 0.356 e. The first-order valence-electron chi connectivity index (χ1n) is 9.35. The largest absolute Gasteiger partial charge is 0.495 e. The lowest BCUT2D eigenvalue weighted by atomic mass is 10.1. The van der Waals surface area contributed by atoms with Crippen molar-refractivity contribution in [3.63, 3.8) is 0 Å². The summed E-state index contributed by atoms with van der Waals surface area (Å²) in [6, 6.07) is 6.58. The Morgan fingerprint density at radius 1 is 0.867 bits per heavy atom. The van der Waals surface area contributed by atoms with Crippen molar-refractivity contribution in [3.8, 4) is 11.4 Å². The molecule has 30 heavy (non-hydrogen) atoms. The number of methoxy groups -OCH3 is 1. The van der Waals surface area contributed by atoms with E-state index in [0.717, 1.165) is 6.20 Å². The van der Waals surface area contributed by atoms with E-state index in [-0.39, 0.29) is 25.5 Å². The van der Waals surface area contributed by atoms with Gasteiger partial charge in [-0.05, 0) is 32.9 Å². The highest BCUT2D eigenvalue weighted by atomic mass is 16.5. The van der Waals surface area contributed by atoms with Crippen molar-refractivity contribution in [1.82, 2.24) is 4.57 Å². The molecule has 9 heteroatoms. The molecule has 1 aromatic carbocycles. The Morgan fingerprint density at radius 2 is 1.43 bits per heavy atom. The fourth-order valence-corrected chi connectivity index (χ4v) is 2.78. The molecule has 0 aliphatic rings. The van der Waals surface area contributed by atoms with Crippen molar-refractivity contribution in [2.24, 2.45) is 0 Å². The summed E-state index contributed by atoms with van der Waals surface area (Å²) in [6.07, 6.45) is 1.13. The lowest BCUT2D eigenvalue weighted by Crippen LogP contribution is -2.32. The smallest absolute Gasteiger partial charge is 0.356 e. The monoisotopic (exact) mass is 417 g/mol. The predicted molar refractivity (Wildman–Crippen MR) is 106 cm³/mol. The quantitative estimate of drug-likeness (QED) is 0.476. The van der Waals surface area contributed by atoms with E-state index in [1.807, 2.05) is 0 Å². The van der Waals surface area contributed by atoms with Gasteiger partial charge in [-0.25, -0.2) is 14.4 Å². The van der Waals surface area contributed by atoms with Crippen LogP contribution in [0.5, 0.6) is 5.75 Å². The van der Waals surface area contributed by atoms with Crippen LogP contribution in [0.4, 0.5) is 0 Å². The second kappa shape index (κ2) is 10.2. The number of carbonyl (C=O) groups excluding carboxylic acids is 3. The van der Waals surface area contributed by atoms with E-state index in [4.69, 9.17) is 18.9 Å². The average molecular weight is 417 g/mol. The third-order valence-electron chi connectivity index (χ3n) is 4.00. The highest BCUT2D eigenvalue weighted by Gasteiger charge is 2.31. The van der Waals surface area contributed by atoms with Crippen molar-refractivity contribution in [3.05, 3.63) is 57.5 Å². The zero-order valence-corrected chi connectivity index (χ0v) is 17.2. The normalized spacial score (nSPS) is 10.3. The van der Waals surface area contributed by atoms with E-state index < -0.39 is 34.5 Å². The molecule has 0 unspecified atom stereocenters. The van der Waals surface area contributed by atoms with Crippen LogP contribution >= 0.6 is 0 Å². The summed E-state index contributed by atoms with van der Waals surface area (Å²) < 4.78 is 21.5. The second-order valence-electron chi connectivity index (χ2n) is 5.80. The summed E-state index contributed by atoms with van der Waals surface area (Å²) in [5, 5.41) is 0. The van der Waals surface area contributed by atoms with E-state index in [0.29, 0.717) is 11.4 Å². The number of hydrogen-bond acceptors (Lipinski definition) is 8. The molecule has 1 heterocycles. The van der Waals surface area contributed by atoms with Crippen molar-refractivity contribution in [2.45, 2.75) is 20.8 Å². The summed E-state index contributed by atoms with van der Waals surface area (Å²) >= 11 is 0. The fraction of sp³-hybridized carbons (Fsp3) is 0.333. The van der Waals surface area contributed by atoms with Crippen LogP contribution in [-0.2, 0) is 14.2 Å². The van der Waals surface area contributed by atoms with Gasteiger partial charge in [-0.15, -0.1) is 0 Å². The SMILES string of the molecule is CCOC(=O)c1cn(-c2ccccc2OC)c(C(=O)OCC)c(C(=O)OCC)c1=O. The molecule has 0 saturated heterocycles. The maximum atomic E-state index is 13.0. The number of carbonyl (C=O) groups is 3. The molecule has 0 atom stereocenters. The van der Waals surface area contributed by atoms with Crippen LogP contribution < -0.4 is 10.2 Å². The number of ether oxygens (including phenoxy) is 4. The molecule has 0 bridgehead atoms. The van der Waals surface area contributed by atoms with Gasteiger partial charge < -0.3 is 23.5 Å². The number of nitrogens with zero attached hydrogens (tertiary/aromatic N) is 1. The first kappa shape index (κ1) is 22.7. The molecule has 160 valence electrons. The Bertz CT molecular complexity index is 1010. The third-order valence-corrected chi connectivity index (χ3v) is 4.00. The van der Waals surface area contributed by atoms with E-state index in [9.17, 15) is 19.2 Å². The highest BCUT2D eigenvalue weighted by Crippen LogP contribution is 2.25. The number of hydrogen-bond donors (Lipinski definition) is 0. The van der Waals surface area contributed by atoms with Crippen molar-refractivity contribution < 1.29 is 33.3 Å². The van der Waals surface area contributed by atoms with E-state index >= 15 is 0 Å². The minimum Gasteiger partial charge on any atom is -0.495 e. The molecule has 0 N–H and O–H groups in total. The van der Waals surface area contributed by atoms with Gasteiger partial charge in [-0.1, -0.05) is 12.1 Å². The Morgan fingerprint density at radius 3 is 2.03 bits per heavy atom. The van der Waals surface area contributed by atoms with Crippen molar-refractivity contribution in [2.75, 3.05) is 26.9 Å². The van der Waals surface area contributed by atoms with Crippen molar-refractivity contribution >= 4 is 17.9 Å². The minimum atomic E-state index is -1.06. The standard InChI is InChI=1S/C21H23NO8/c1-5-28-19(24)13-12-22(14-10-8-9-11-15(14)27-4)17(21(26)30-7-3)16(18(13)23)20(25)29-6-2/h8-12H,5-7H2,1-4H3. The zero-order valence-electron chi connectivity index (χ0n) is 17.2. The number of rotatable bonds is 8. The van der Waals surface area contributed by atoms with E-state index in [1.165, 1.54) is 11.7 Å². The number of benzene rings is 1. The lowest BCUT2D eigenvalue weighted by Gasteiger charge is -2.19. The molecular formula is C21H23NO8. The lowest BCUT2D eigenvalue weighted by molar-refractivity contribution is 0.0465. The number of para-hydroxylation sites is 2. The molecule has 0 fully saturated rings. The molecule has 9 nitrogen and oxygen atoms in total. The summed E-state index contributed by atoms with van der Waals surface area (Å²) in [7, 11) is 1.42. The molecule has 0 radical (unpaired) electrons. The summed E-state index contributed by atoms with van der Waals surface area (Å²) in [6.45, 7) is 4.69. The molecule has 0 spiro atoms. The van der Waals surface area contributed by atoms with Gasteiger partial charge in [0.2, 0.25) is 5.43 Å². The van der Waals surface area contributed by atoms with Crippen LogP contribution in [0.3, 0.4) is 0 Å². The van der Waals surface area contributed by atoms with Crippen LogP contribution in [0.2, 0.25) is 0 Å². The van der Waals surface area contributed by atoms with Crippen LogP contribution in [0.25, 0.3) is 5.69 Å². The summed E-state index contributed by atoms with van der Waals surface area (Å²) in [5.41, 5.74) is -2.11. The first-order valence-corrected chi connectivity index (χ1v) is 9.35. The molecular weight excluding hydrogens is 394 g/mol. The number of esters is 3. The average Bonchev–Trinajstić information content (AvgIpc) is 2.73. The van der Waals surface area contributed by atoms with Gasteiger partial charge in [-0.2, -0.15) is 0 Å². The van der Waals surface area contributed by atoms with Crippen LogP contribution in [0, 0.1) is 0 Å². The van der Waals surface area contributed by atoms with Crippen molar-refractivity contribution in [1.29, 1.82) is 0 Å². The Balaban J connectivity index is 2.99. The van der Waals surface area contributed by atoms with Crippen LogP contribution in [-0.4, -0.2) is 49.4 Å². The molecule has 2 aromatic rings. The maximum absolute atomic E-state index is 13.0. The third kappa shape index (κ3) is 4.51. The number of pyridine rings is 1. The minimum absolute atomic E-state index is 0.000835. The summed E-state index contributed by atoms with van der Waals surface area (Å²) in [5.74, 6) is -2.59. The van der Waals surface area contributed by atoms with Gasteiger partial charge >= 0.3 is 17.9 Å². The number of aromatic nitrogens is 1. The van der Waals surface area contributed by atoms with Gasteiger partial charge in [0.25, 0.3) is 0 Å². The van der Waals surface area contributed by atoms with Gasteiger partial charge in [-0.3, -0.25) is 4.79 Å². The molecule has 0 saturated carbocycles. The summed E-state index contributed by atoms with van der Waals surface area (Å²) in [4.78, 5) is 50.8. The van der Waals surface area contributed by atoms with E-state index in [1.54, 1.807) is 45.0 Å². The molecule has 1 aromatic heterocycles. The van der Waals surface area contributed by atoms with Gasteiger partial charge in [0, 0.05) is 6.20 Å². The van der Waals surface area contributed by atoms with Crippen LogP contribution in [0.15, 0.2) is 35.3 Å². The first-order chi connectivity index (χ1) is 14.4. The molecule has 0 amide bonds.